The summed E-state index contributed by atoms with van der Waals surface area (Å²) >= 11 is 2.95. The van der Waals surface area contributed by atoms with Gasteiger partial charge < -0.3 is 24.8 Å². The van der Waals surface area contributed by atoms with Crippen LogP contribution < -0.4 is 0 Å². The largest absolute Gasteiger partial charge is 0.494 e. The maximum absolute atomic E-state index is 12.5. The van der Waals surface area contributed by atoms with Crippen LogP contribution in [0.5, 0.6) is 5.88 Å². The van der Waals surface area contributed by atoms with Crippen molar-refractivity contribution >= 4 is 46.2 Å². The number of aromatic hydroxyl groups is 1. The van der Waals surface area contributed by atoms with Gasteiger partial charge in [-0.1, -0.05) is 36.9 Å². The average Bonchev–Trinajstić information content (AvgIpc) is 3.47. The van der Waals surface area contributed by atoms with E-state index < -0.39 is 18.0 Å². The Morgan fingerprint density at radius 3 is 2.82 bits per heavy atom. The predicted octanol–water partition coefficient (Wildman–Crippen LogP) is 2.71. The number of hydrogen-bond donors (Lipinski definition) is 3. The lowest BCUT2D eigenvalue weighted by molar-refractivity contribution is -0.157. The molecule has 5 rings (SSSR count). The number of aliphatic hydroxyl groups is 1. The number of rotatable bonds is 8. The van der Waals surface area contributed by atoms with Crippen molar-refractivity contribution in [1.82, 2.24) is 14.4 Å². The summed E-state index contributed by atoms with van der Waals surface area (Å²) in [5.41, 5.74) is 0.0713. The van der Waals surface area contributed by atoms with Gasteiger partial charge in [0.05, 0.1) is 16.3 Å². The zero-order valence-electron chi connectivity index (χ0n) is 18.3. The Hall–Kier alpha value is -2.14. The van der Waals surface area contributed by atoms with Crippen molar-refractivity contribution in [2.75, 3.05) is 19.6 Å². The number of carbonyl (C=O) groups excluding carboxylic acids is 1. The topological polar surface area (TPSA) is 106 Å². The van der Waals surface area contributed by atoms with Crippen LogP contribution in [0.25, 0.3) is 10.8 Å². The Morgan fingerprint density at radius 1 is 1.30 bits per heavy atom. The second-order valence-electron chi connectivity index (χ2n) is 8.72. The molecule has 4 heterocycles. The number of β-lactam (4-membered cyclic amide) rings is 1. The van der Waals surface area contributed by atoms with Crippen LogP contribution in [0.15, 0.2) is 40.4 Å². The van der Waals surface area contributed by atoms with Gasteiger partial charge in [0.1, 0.15) is 5.37 Å². The number of carboxylic acids is 1. The zero-order valence-corrected chi connectivity index (χ0v) is 19.9. The van der Waals surface area contributed by atoms with E-state index in [1.807, 2.05) is 42.0 Å². The number of benzene rings is 1. The fourth-order valence-corrected chi connectivity index (χ4v) is 8.17. The fraction of sp³-hybridized carbons (Fsp3) is 0.478. The first-order valence-corrected chi connectivity index (χ1v) is 13.0. The highest BCUT2D eigenvalue weighted by Crippen LogP contribution is 2.55. The van der Waals surface area contributed by atoms with Crippen LogP contribution in [0.3, 0.4) is 0 Å². The van der Waals surface area contributed by atoms with E-state index in [0.29, 0.717) is 17.2 Å². The number of carboxylic acid groups (broad SMARTS) is 1. The first-order valence-electron chi connectivity index (χ1n) is 11.2. The number of aliphatic carboxylic acids is 1. The molecule has 1 unspecified atom stereocenters. The molecule has 1 aromatic heterocycles. The number of amides is 1. The zero-order chi connectivity index (χ0) is 23.3. The monoisotopic (exact) mass is 489 g/mol. The van der Waals surface area contributed by atoms with E-state index in [1.54, 1.807) is 11.8 Å². The summed E-state index contributed by atoms with van der Waals surface area (Å²) in [7, 11) is 0. The molecule has 176 valence electrons. The van der Waals surface area contributed by atoms with Gasteiger partial charge in [-0.05, 0) is 25.5 Å². The smallest absolute Gasteiger partial charge is 0.354 e. The van der Waals surface area contributed by atoms with Gasteiger partial charge in [0.15, 0.2) is 11.6 Å². The summed E-state index contributed by atoms with van der Waals surface area (Å²) in [5.74, 6) is -1.62. The van der Waals surface area contributed by atoms with Crippen LogP contribution >= 0.6 is 23.5 Å². The van der Waals surface area contributed by atoms with Crippen LogP contribution in [-0.4, -0.2) is 77.9 Å². The van der Waals surface area contributed by atoms with Gasteiger partial charge in [0, 0.05) is 41.9 Å². The quantitative estimate of drug-likeness (QED) is 0.486. The number of likely N-dealkylation sites (tertiary alicyclic amines) is 1. The van der Waals surface area contributed by atoms with Crippen molar-refractivity contribution in [2.45, 2.75) is 43.0 Å². The molecule has 3 aliphatic rings. The first kappa shape index (κ1) is 22.6. The molecular weight excluding hydrogens is 462 g/mol. The van der Waals surface area contributed by atoms with Crippen molar-refractivity contribution in [2.24, 2.45) is 5.92 Å². The van der Waals surface area contributed by atoms with Crippen molar-refractivity contribution in [1.29, 1.82) is 0 Å². The molecule has 0 bridgehead atoms. The normalized spacial score (nSPS) is 26.2. The summed E-state index contributed by atoms with van der Waals surface area (Å²) in [6.07, 6.45) is 2.63. The molecule has 0 aliphatic carbocycles. The lowest BCUT2D eigenvalue weighted by Crippen LogP contribution is -2.61. The maximum Gasteiger partial charge on any atom is 0.354 e. The number of aromatic nitrogens is 1. The average molecular weight is 490 g/mol. The standard InChI is InChI=1S/C23H27N3O5S2/c1-2-16(27)17-20(29)26-18(22(30)31)23(33-21(17)26)32-14-7-8-24(12-14)9-10-25-11-13-5-3-4-6-15(13)19(25)28/h3-6,11,14,16-17,21,27-28H,2,7-10,12H2,1H3,(H,30,31)/t14?,16-,17+,21+/m0/s1. The van der Waals surface area contributed by atoms with Crippen LogP contribution in [0.4, 0.5) is 0 Å². The van der Waals surface area contributed by atoms with E-state index in [2.05, 4.69) is 4.90 Å². The molecule has 0 saturated carbocycles. The van der Waals surface area contributed by atoms with Gasteiger partial charge in [0.2, 0.25) is 5.91 Å². The molecule has 1 amide bonds. The molecule has 4 atom stereocenters. The van der Waals surface area contributed by atoms with Crippen molar-refractivity contribution < 1.29 is 24.9 Å². The van der Waals surface area contributed by atoms with Gasteiger partial charge in [-0.15, -0.1) is 11.8 Å². The maximum atomic E-state index is 12.5. The molecule has 2 saturated heterocycles. The lowest BCUT2D eigenvalue weighted by atomic mass is 9.90. The highest BCUT2D eigenvalue weighted by molar-refractivity contribution is 8.23. The summed E-state index contributed by atoms with van der Waals surface area (Å²) in [6.45, 7) is 5.02. The third-order valence-electron chi connectivity index (χ3n) is 6.71. The van der Waals surface area contributed by atoms with E-state index in [-0.39, 0.29) is 28.1 Å². The van der Waals surface area contributed by atoms with Gasteiger partial charge in [0.25, 0.3) is 0 Å². The Morgan fingerprint density at radius 2 is 2.09 bits per heavy atom. The third-order valence-corrected chi connectivity index (χ3v) is 9.57. The second kappa shape index (κ2) is 8.90. The van der Waals surface area contributed by atoms with Gasteiger partial charge in [-0.2, -0.15) is 0 Å². The number of aliphatic hydroxyl groups excluding tert-OH is 1. The van der Waals surface area contributed by atoms with Gasteiger partial charge in [-0.3, -0.25) is 9.69 Å². The molecule has 1 aromatic carbocycles. The minimum absolute atomic E-state index is 0.0713. The van der Waals surface area contributed by atoms with Crippen LogP contribution in [0.2, 0.25) is 0 Å². The van der Waals surface area contributed by atoms with Crippen LogP contribution in [0, 0.1) is 5.92 Å². The van der Waals surface area contributed by atoms with Crippen LogP contribution in [0.1, 0.15) is 19.8 Å². The SMILES string of the molecule is CC[C@H](O)[C@@H]1C(=O)N2C(C(=O)O)=C(SC3CCN(CCn4cc5ccccc5c4O)C3)S[C@H]12. The summed E-state index contributed by atoms with van der Waals surface area (Å²) in [5, 5.41) is 32.2. The summed E-state index contributed by atoms with van der Waals surface area (Å²) < 4.78 is 2.55. The minimum Gasteiger partial charge on any atom is -0.494 e. The molecule has 0 radical (unpaired) electrons. The van der Waals surface area contributed by atoms with E-state index in [4.69, 9.17) is 0 Å². The molecule has 33 heavy (non-hydrogen) atoms. The van der Waals surface area contributed by atoms with Crippen molar-refractivity contribution in [3.8, 4) is 5.88 Å². The number of fused-ring (bicyclic) bond motifs is 2. The number of nitrogens with zero attached hydrogens (tertiary/aromatic N) is 3. The Kier molecular flexibility index (Phi) is 6.11. The highest BCUT2D eigenvalue weighted by atomic mass is 32.2. The third kappa shape index (κ3) is 3.92. The Bertz CT molecular complexity index is 1130. The lowest BCUT2D eigenvalue weighted by Gasteiger charge is -2.44. The molecule has 2 fully saturated rings. The molecule has 8 nitrogen and oxygen atoms in total. The van der Waals surface area contributed by atoms with Crippen molar-refractivity contribution in [3.05, 3.63) is 40.4 Å². The van der Waals surface area contributed by atoms with Gasteiger partial charge in [-0.25, -0.2) is 4.79 Å². The molecule has 3 aliphatic heterocycles. The predicted molar refractivity (Wildman–Crippen MR) is 129 cm³/mol. The number of carbonyl (C=O) groups is 2. The van der Waals surface area contributed by atoms with E-state index in [1.165, 1.54) is 16.7 Å². The first-order chi connectivity index (χ1) is 15.9. The Balaban J connectivity index is 1.21. The number of thioether (sulfide) groups is 2. The molecular formula is C23H27N3O5S2. The number of hydrogen-bond acceptors (Lipinski definition) is 7. The highest BCUT2D eigenvalue weighted by Gasteiger charge is 2.58. The van der Waals surface area contributed by atoms with E-state index >= 15 is 0 Å². The summed E-state index contributed by atoms with van der Waals surface area (Å²) in [6, 6.07) is 7.77. The molecule has 2 aromatic rings. The minimum atomic E-state index is -1.09. The summed E-state index contributed by atoms with van der Waals surface area (Å²) in [4.78, 5) is 28.1. The van der Waals surface area contributed by atoms with E-state index in [0.717, 1.165) is 36.8 Å². The fourth-order valence-electron chi connectivity index (χ4n) is 4.86. The van der Waals surface area contributed by atoms with Crippen LogP contribution in [-0.2, 0) is 16.1 Å². The molecule has 10 heteroatoms. The Labute approximate surface area is 200 Å². The van der Waals surface area contributed by atoms with E-state index in [9.17, 15) is 24.9 Å². The van der Waals surface area contributed by atoms with Crippen molar-refractivity contribution in [3.63, 3.8) is 0 Å². The van der Waals surface area contributed by atoms with Gasteiger partial charge >= 0.3 is 5.97 Å². The molecule has 3 N–H and O–H groups in total. The molecule has 0 spiro atoms. The second-order valence-corrected chi connectivity index (χ2v) is 11.4.